The van der Waals surface area contributed by atoms with Gasteiger partial charge in [-0.3, -0.25) is 4.98 Å². The van der Waals surface area contributed by atoms with E-state index < -0.39 is 10.0 Å². The maximum Gasteiger partial charge on any atom is 0.243 e. The van der Waals surface area contributed by atoms with Gasteiger partial charge in [0.1, 0.15) is 17.6 Å². The first kappa shape index (κ1) is 14.8. The highest BCUT2D eigenvalue weighted by atomic mass is 32.2. The molecule has 2 aromatic rings. The summed E-state index contributed by atoms with van der Waals surface area (Å²) >= 11 is 0. The molecule has 3 rings (SSSR count). The van der Waals surface area contributed by atoms with Crippen LogP contribution in [0.25, 0.3) is 0 Å². The first-order chi connectivity index (χ1) is 10.6. The highest BCUT2D eigenvalue weighted by Crippen LogP contribution is 2.26. The monoisotopic (exact) mass is 320 g/mol. The van der Waals surface area contributed by atoms with Gasteiger partial charge in [0.25, 0.3) is 0 Å². The molecule has 0 atom stereocenters. The van der Waals surface area contributed by atoms with E-state index in [2.05, 4.69) is 4.98 Å². The molecule has 0 aliphatic carbocycles. The highest BCUT2D eigenvalue weighted by molar-refractivity contribution is 7.89. The van der Waals surface area contributed by atoms with Crippen LogP contribution in [0.5, 0.6) is 11.5 Å². The fourth-order valence-corrected chi connectivity index (χ4v) is 3.73. The average Bonchev–Trinajstić information content (AvgIpc) is 2.51. The van der Waals surface area contributed by atoms with E-state index in [1.165, 1.54) is 17.5 Å². The molecule has 1 fully saturated rings. The maximum absolute atomic E-state index is 12.5. The fourth-order valence-electron chi connectivity index (χ4n) is 2.19. The summed E-state index contributed by atoms with van der Waals surface area (Å²) in [7, 11) is -2.00. The topological polar surface area (TPSA) is 68.7 Å². The van der Waals surface area contributed by atoms with Crippen molar-refractivity contribution >= 4 is 10.0 Å². The number of nitrogens with zero attached hydrogens (tertiary/aromatic N) is 2. The number of methoxy groups -OCH3 is 1. The predicted octanol–water partition coefficient (Wildman–Crippen LogP) is 1.54. The minimum atomic E-state index is -3.50. The molecule has 1 aromatic heterocycles. The van der Waals surface area contributed by atoms with E-state index in [0.29, 0.717) is 24.6 Å². The Kier molecular flexibility index (Phi) is 4.00. The minimum Gasteiger partial charge on any atom is -0.497 e. The van der Waals surface area contributed by atoms with Gasteiger partial charge in [-0.05, 0) is 24.3 Å². The van der Waals surface area contributed by atoms with E-state index in [0.717, 1.165) is 0 Å². The Bertz CT molecular complexity index is 743. The SMILES string of the molecule is COc1cccc(S(=O)(=O)N2CC(Oc3cccnc3)C2)c1. The van der Waals surface area contributed by atoms with Gasteiger partial charge < -0.3 is 9.47 Å². The summed E-state index contributed by atoms with van der Waals surface area (Å²) in [5.41, 5.74) is 0. The molecule has 0 saturated carbocycles. The van der Waals surface area contributed by atoms with Crippen molar-refractivity contribution in [1.82, 2.24) is 9.29 Å². The molecule has 0 radical (unpaired) electrons. The third-order valence-electron chi connectivity index (χ3n) is 3.43. The van der Waals surface area contributed by atoms with Crippen LogP contribution in [0.2, 0.25) is 0 Å². The van der Waals surface area contributed by atoms with E-state index in [-0.39, 0.29) is 11.0 Å². The molecule has 0 N–H and O–H groups in total. The molecule has 0 amide bonds. The third kappa shape index (κ3) is 2.90. The van der Waals surface area contributed by atoms with Gasteiger partial charge in [0.15, 0.2) is 0 Å². The average molecular weight is 320 g/mol. The number of rotatable bonds is 5. The van der Waals surface area contributed by atoms with Crippen LogP contribution in [-0.4, -0.2) is 44.0 Å². The lowest BCUT2D eigenvalue weighted by Crippen LogP contribution is -2.55. The second-order valence-corrected chi connectivity index (χ2v) is 6.87. The zero-order chi connectivity index (χ0) is 15.6. The van der Waals surface area contributed by atoms with Crippen molar-refractivity contribution in [2.45, 2.75) is 11.0 Å². The number of aromatic nitrogens is 1. The summed E-state index contributed by atoms with van der Waals surface area (Å²) in [5.74, 6) is 1.16. The molecule has 1 aliphatic heterocycles. The summed E-state index contributed by atoms with van der Waals surface area (Å²) in [4.78, 5) is 4.19. The van der Waals surface area contributed by atoms with Gasteiger partial charge in [0.05, 0.1) is 31.3 Å². The molecular weight excluding hydrogens is 304 g/mol. The molecule has 6 nitrogen and oxygen atoms in total. The van der Waals surface area contributed by atoms with Crippen molar-refractivity contribution < 1.29 is 17.9 Å². The first-order valence-corrected chi connectivity index (χ1v) is 8.24. The van der Waals surface area contributed by atoms with Gasteiger partial charge in [0.2, 0.25) is 10.0 Å². The Balaban J connectivity index is 1.66. The molecule has 0 bridgehead atoms. The van der Waals surface area contributed by atoms with Gasteiger partial charge in [-0.1, -0.05) is 6.07 Å². The maximum atomic E-state index is 12.5. The lowest BCUT2D eigenvalue weighted by Gasteiger charge is -2.37. The molecule has 2 heterocycles. The zero-order valence-electron chi connectivity index (χ0n) is 12.0. The van der Waals surface area contributed by atoms with Crippen LogP contribution in [0.1, 0.15) is 0 Å². The van der Waals surface area contributed by atoms with Crippen LogP contribution in [0.15, 0.2) is 53.7 Å². The molecule has 0 unspecified atom stereocenters. The molecule has 0 spiro atoms. The molecule has 1 aromatic carbocycles. The lowest BCUT2D eigenvalue weighted by molar-refractivity contribution is 0.0759. The fraction of sp³-hybridized carbons (Fsp3) is 0.267. The summed E-state index contributed by atoms with van der Waals surface area (Å²) in [6.07, 6.45) is 3.12. The van der Waals surface area contributed by atoms with Crippen molar-refractivity contribution in [3.63, 3.8) is 0 Å². The van der Waals surface area contributed by atoms with E-state index in [4.69, 9.17) is 9.47 Å². The summed E-state index contributed by atoms with van der Waals surface area (Å²) < 4.78 is 37.1. The van der Waals surface area contributed by atoms with Gasteiger partial charge in [0, 0.05) is 12.3 Å². The lowest BCUT2D eigenvalue weighted by atomic mass is 10.2. The largest absolute Gasteiger partial charge is 0.497 e. The normalized spacial score (nSPS) is 16.0. The molecular formula is C15H16N2O4S. The van der Waals surface area contributed by atoms with E-state index in [9.17, 15) is 8.42 Å². The Labute approximate surface area is 129 Å². The Morgan fingerprint density at radius 2 is 1.95 bits per heavy atom. The van der Waals surface area contributed by atoms with Crippen molar-refractivity contribution in [3.8, 4) is 11.5 Å². The predicted molar refractivity (Wildman–Crippen MR) is 80.4 cm³/mol. The number of ether oxygens (including phenoxy) is 2. The number of benzene rings is 1. The van der Waals surface area contributed by atoms with Crippen LogP contribution >= 0.6 is 0 Å². The zero-order valence-corrected chi connectivity index (χ0v) is 12.9. The van der Waals surface area contributed by atoms with E-state index in [1.54, 1.807) is 42.7 Å². The summed E-state index contributed by atoms with van der Waals surface area (Å²) in [6.45, 7) is 0.656. The van der Waals surface area contributed by atoms with Crippen LogP contribution in [0.4, 0.5) is 0 Å². The molecule has 22 heavy (non-hydrogen) atoms. The second-order valence-electron chi connectivity index (χ2n) is 4.93. The van der Waals surface area contributed by atoms with Crippen LogP contribution in [0, 0.1) is 0 Å². The van der Waals surface area contributed by atoms with Gasteiger partial charge in [-0.25, -0.2) is 8.42 Å². The number of hydrogen-bond acceptors (Lipinski definition) is 5. The van der Waals surface area contributed by atoms with Gasteiger partial charge >= 0.3 is 0 Å². The first-order valence-electron chi connectivity index (χ1n) is 6.80. The smallest absolute Gasteiger partial charge is 0.243 e. The molecule has 116 valence electrons. The van der Waals surface area contributed by atoms with Gasteiger partial charge in [-0.2, -0.15) is 4.31 Å². The number of pyridine rings is 1. The number of hydrogen-bond donors (Lipinski definition) is 0. The summed E-state index contributed by atoms with van der Waals surface area (Å²) in [6, 6.07) is 10.0. The number of sulfonamides is 1. The van der Waals surface area contributed by atoms with Crippen LogP contribution < -0.4 is 9.47 Å². The second kappa shape index (κ2) is 5.94. The van der Waals surface area contributed by atoms with E-state index >= 15 is 0 Å². The standard InChI is InChI=1S/C15H16N2O4S/c1-20-12-4-2-6-15(8-12)22(18,19)17-10-14(11-17)21-13-5-3-7-16-9-13/h2-9,14H,10-11H2,1H3. The van der Waals surface area contributed by atoms with Crippen molar-refractivity contribution in [2.24, 2.45) is 0 Å². The molecule has 7 heteroatoms. The molecule has 1 saturated heterocycles. The Hall–Kier alpha value is -2.12. The van der Waals surface area contributed by atoms with Crippen LogP contribution in [0.3, 0.4) is 0 Å². The van der Waals surface area contributed by atoms with Crippen molar-refractivity contribution in [3.05, 3.63) is 48.8 Å². The van der Waals surface area contributed by atoms with Crippen molar-refractivity contribution in [1.29, 1.82) is 0 Å². The Morgan fingerprint density at radius 3 is 2.64 bits per heavy atom. The highest BCUT2D eigenvalue weighted by Gasteiger charge is 2.38. The quantitative estimate of drug-likeness (QED) is 0.836. The van der Waals surface area contributed by atoms with Crippen LogP contribution in [-0.2, 0) is 10.0 Å². The van der Waals surface area contributed by atoms with Crippen molar-refractivity contribution in [2.75, 3.05) is 20.2 Å². The summed E-state index contributed by atoms with van der Waals surface area (Å²) in [5, 5.41) is 0. The minimum absolute atomic E-state index is 0.149. The van der Waals surface area contributed by atoms with E-state index in [1.807, 2.05) is 0 Å². The third-order valence-corrected chi connectivity index (χ3v) is 5.26. The van der Waals surface area contributed by atoms with Gasteiger partial charge in [-0.15, -0.1) is 0 Å². The molecule has 1 aliphatic rings. The Morgan fingerprint density at radius 1 is 1.18 bits per heavy atom.